The van der Waals surface area contributed by atoms with Crippen LogP contribution in [0, 0.1) is 5.82 Å². The molecule has 0 amide bonds. The van der Waals surface area contributed by atoms with Crippen molar-refractivity contribution in [2.45, 2.75) is 25.9 Å². The molecule has 1 nitrogen and oxygen atoms in total. The molecule has 0 fully saturated rings. The highest BCUT2D eigenvalue weighted by Crippen LogP contribution is 2.20. The van der Waals surface area contributed by atoms with Crippen LogP contribution in [-0.2, 0) is 6.42 Å². The molecule has 1 aromatic rings. The monoisotopic (exact) mass is 202 g/mol. The van der Waals surface area contributed by atoms with Gasteiger partial charge in [0.1, 0.15) is 5.82 Å². The minimum atomic E-state index is -0.421. The van der Waals surface area contributed by atoms with Crippen LogP contribution >= 0.6 is 11.6 Å². The van der Waals surface area contributed by atoms with Crippen LogP contribution in [0.2, 0.25) is 5.02 Å². The average Bonchev–Trinajstić information content (AvgIpc) is 2.03. The standard InChI is InChI=1S/C10H12ClFO/c1-7(13)5-6-8-9(11)3-2-4-10(8)12/h2-4,7,13H,5-6H2,1H3/t7-/m1/s1. The van der Waals surface area contributed by atoms with E-state index in [1.165, 1.54) is 6.07 Å². The Bertz CT molecular complexity index is 266. The first-order valence-electron chi connectivity index (χ1n) is 4.22. The number of aliphatic hydroxyl groups excluding tert-OH is 1. The van der Waals surface area contributed by atoms with Gasteiger partial charge in [-0.3, -0.25) is 0 Å². The molecule has 0 spiro atoms. The van der Waals surface area contributed by atoms with E-state index in [1.807, 2.05) is 0 Å². The Balaban J connectivity index is 2.75. The second-order valence-corrected chi connectivity index (χ2v) is 3.50. The summed E-state index contributed by atoms with van der Waals surface area (Å²) in [4.78, 5) is 0. The summed E-state index contributed by atoms with van der Waals surface area (Å²) in [6.07, 6.45) is 0.583. The van der Waals surface area contributed by atoms with E-state index in [0.717, 1.165) is 0 Å². The molecule has 0 bridgehead atoms. The molecule has 3 heteroatoms. The average molecular weight is 203 g/mol. The first kappa shape index (κ1) is 10.5. The van der Waals surface area contributed by atoms with E-state index < -0.39 is 6.10 Å². The number of hydrogen-bond acceptors (Lipinski definition) is 1. The Labute approximate surface area is 82.2 Å². The van der Waals surface area contributed by atoms with Crippen molar-refractivity contribution >= 4 is 11.6 Å². The van der Waals surface area contributed by atoms with Gasteiger partial charge >= 0.3 is 0 Å². The summed E-state index contributed by atoms with van der Waals surface area (Å²) in [5, 5.41) is 9.46. The van der Waals surface area contributed by atoms with Gasteiger partial charge in [-0.25, -0.2) is 4.39 Å². The lowest BCUT2D eigenvalue weighted by Crippen LogP contribution is -2.03. The zero-order chi connectivity index (χ0) is 9.84. The Morgan fingerprint density at radius 2 is 2.23 bits per heavy atom. The lowest BCUT2D eigenvalue weighted by molar-refractivity contribution is 0.184. The fourth-order valence-electron chi connectivity index (χ4n) is 1.12. The summed E-state index contributed by atoms with van der Waals surface area (Å²) >= 11 is 5.79. The summed E-state index contributed by atoms with van der Waals surface area (Å²) in [5.41, 5.74) is 0.491. The van der Waals surface area contributed by atoms with E-state index >= 15 is 0 Å². The van der Waals surface area contributed by atoms with Crippen LogP contribution in [0.1, 0.15) is 18.9 Å². The lowest BCUT2D eigenvalue weighted by Gasteiger charge is -2.06. The predicted molar refractivity (Wildman–Crippen MR) is 51.4 cm³/mol. The summed E-state index contributed by atoms with van der Waals surface area (Å²) < 4.78 is 13.1. The molecule has 0 aromatic heterocycles. The van der Waals surface area contributed by atoms with Gasteiger partial charge in [-0.1, -0.05) is 17.7 Å². The van der Waals surface area contributed by atoms with Crippen molar-refractivity contribution in [1.82, 2.24) is 0 Å². The molecule has 0 radical (unpaired) electrons. The van der Waals surface area contributed by atoms with Crippen molar-refractivity contribution in [2.75, 3.05) is 0 Å². The van der Waals surface area contributed by atoms with Gasteiger partial charge in [-0.05, 0) is 31.9 Å². The maximum absolute atomic E-state index is 13.1. The molecule has 0 saturated carbocycles. The third-order valence-electron chi connectivity index (χ3n) is 1.87. The molecule has 1 rings (SSSR count). The maximum Gasteiger partial charge on any atom is 0.127 e. The van der Waals surface area contributed by atoms with Crippen molar-refractivity contribution < 1.29 is 9.50 Å². The van der Waals surface area contributed by atoms with E-state index in [4.69, 9.17) is 16.7 Å². The van der Waals surface area contributed by atoms with Gasteiger partial charge in [0.2, 0.25) is 0 Å². The van der Waals surface area contributed by atoms with Crippen LogP contribution in [0.3, 0.4) is 0 Å². The van der Waals surface area contributed by atoms with Crippen LogP contribution < -0.4 is 0 Å². The molecule has 1 atom stereocenters. The lowest BCUT2D eigenvalue weighted by atomic mass is 10.1. The summed E-state index contributed by atoms with van der Waals surface area (Å²) in [6.45, 7) is 1.68. The Morgan fingerprint density at radius 3 is 2.77 bits per heavy atom. The van der Waals surface area contributed by atoms with Crippen molar-refractivity contribution in [3.05, 3.63) is 34.6 Å². The molecule has 0 aliphatic heterocycles. The minimum Gasteiger partial charge on any atom is -0.393 e. The van der Waals surface area contributed by atoms with E-state index in [9.17, 15) is 4.39 Å². The molecular formula is C10H12ClFO. The maximum atomic E-state index is 13.1. The zero-order valence-corrected chi connectivity index (χ0v) is 8.18. The molecular weight excluding hydrogens is 191 g/mol. The fourth-order valence-corrected chi connectivity index (χ4v) is 1.38. The first-order chi connectivity index (χ1) is 6.11. The SMILES string of the molecule is C[C@@H](O)CCc1c(F)cccc1Cl. The number of aliphatic hydroxyl groups is 1. The molecule has 0 saturated heterocycles. The Hall–Kier alpha value is -0.600. The number of benzene rings is 1. The van der Waals surface area contributed by atoms with E-state index in [0.29, 0.717) is 23.4 Å². The largest absolute Gasteiger partial charge is 0.393 e. The van der Waals surface area contributed by atoms with Gasteiger partial charge < -0.3 is 5.11 Å². The second kappa shape index (κ2) is 4.58. The zero-order valence-electron chi connectivity index (χ0n) is 7.43. The highest BCUT2D eigenvalue weighted by atomic mass is 35.5. The third-order valence-corrected chi connectivity index (χ3v) is 2.23. The first-order valence-corrected chi connectivity index (χ1v) is 4.60. The van der Waals surface area contributed by atoms with Crippen LogP contribution in [-0.4, -0.2) is 11.2 Å². The van der Waals surface area contributed by atoms with Crippen LogP contribution in [0.4, 0.5) is 4.39 Å². The quantitative estimate of drug-likeness (QED) is 0.799. The van der Waals surface area contributed by atoms with Gasteiger partial charge in [0, 0.05) is 10.6 Å². The van der Waals surface area contributed by atoms with Crippen molar-refractivity contribution in [3.8, 4) is 0 Å². The molecule has 13 heavy (non-hydrogen) atoms. The Morgan fingerprint density at radius 1 is 1.54 bits per heavy atom. The molecule has 0 aliphatic carbocycles. The Kier molecular flexibility index (Phi) is 3.70. The summed E-state index contributed by atoms with van der Waals surface area (Å²) in [7, 11) is 0. The number of rotatable bonds is 3. The van der Waals surface area contributed by atoms with Crippen molar-refractivity contribution in [3.63, 3.8) is 0 Å². The molecule has 72 valence electrons. The summed E-state index contributed by atoms with van der Waals surface area (Å²) in [5.74, 6) is -0.298. The third kappa shape index (κ3) is 2.98. The fraction of sp³-hybridized carbons (Fsp3) is 0.400. The van der Waals surface area contributed by atoms with Crippen LogP contribution in [0.15, 0.2) is 18.2 Å². The van der Waals surface area contributed by atoms with Crippen molar-refractivity contribution in [2.24, 2.45) is 0 Å². The van der Waals surface area contributed by atoms with E-state index in [1.54, 1.807) is 19.1 Å². The predicted octanol–water partition coefficient (Wildman–Crippen LogP) is 2.79. The topological polar surface area (TPSA) is 20.2 Å². The van der Waals surface area contributed by atoms with Gasteiger partial charge in [-0.2, -0.15) is 0 Å². The van der Waals surface area contributed by atoms with Gasteiger partial charge in [0.05, 0.1) is 6.10 Å². The van der Waals surface area contributed by atoms with E-state index in [2.05, 4.69) is 0 Å². The molecule has 0 unspecified atom stereocenters. The van der Waals surface area contributed by atoms with Gasteiger partial charge in [0.15, 0.2) is 0 Å². The highest BCUT2D eigenvalue weighted by Gasteiger charge is 2.07. The number of halogens is 2. The molecule has 0 aliphatic rings. The summed E-state index contributed by atoms with van der Waals surface area (Å²) in [6, 6.07) is 4.61. The minimum absolute atomic E-state index is 0.298. The van der Waals surface area contributed by atoms with Crippen molar-refractivity contribution in [1.29, 1.82) is 0 Å². The molecule has 1 aromatic carbocycles. The van der Waals surface area contributed by atoms with E-state index in [-0.39, 0.29) is 5.82 Å². The molecule has 0 heterocycles. The number of hydrogen-bond donors (Lipinski definition) is 1. The van der Waals surface area contributed by atoms with Crippen LogP contribution in [0.25, 0.3) is 0 Å². The van der Waals surface area contributed by atoms with Crippen LogP contribution in [0.5, 0.6) is 0 Å². The smallest absolute Gasteiger partial charge is 0.127 e. The molecule has 1 N–H and O–H groups in total. The van der Waals surface area contributed by atoms with Gasteiger partial charge in [0.25, 0.3) is 0 Å². The second-order valence-electron chi connectivity index (χ2n) is 3.09. The normalized spacial score (nSPS) is 12.9. The highest BCUT2D eigenvalue weighted by molar-refractivity contribution is 6.31. The van der Waals surface area contributed by atoms with Gasteiger partial charge in [-0.15, -0.1) is 0 Å².